The summed E-state index contributed by atoms with van der Waals surface area (Å²) in [6.45, 7) is 0.333. The van der Waals surface area contributed by atoms with E-state index in [1.165, 1.54) is 0 Å². The molecule has 0 radical (unpaired) electrons. The van der Waals surface area contributed by atoms with Crippen LogP contribution in [0.4, 0.5) is 5.69 Å². The van der Waals surface area contributed by atoms with Crippen LogP contribution in [0.1, 0.15) is 17.4 Å². The molecule has 1 aromatic heterocycles. The van der Waals surface area contributed by atoms with Crippen LogP contribution in [-0.4, -0.2) is 21.6 Å². The predicted octanol–water partition coefficient (Wildman–Crippen LogP) is 1.77. The van der Waals surface area contributed by atoms with Gasteiger partial charge >= 0.3 is 5.69 Å². The van der Waals surface area contributed by atoms with Crippen LogP contribution >= 0.6 is 0 Å². The van der Waals surface area contributed by atoms with Crippen LogP contribution in [0.25, 0.3) is 0 Å². The van der Waals surface area contributed by atoms with E-state index in [1.54, 1.807) is 24.3 Å². The van der Waals surface area contributed by atoms with Gasteiger partial charge in [0.05, 0.1) is 4.92 Å². The molecule has 0 fully saturated rings. The SMILES string of the molecule is O=COC(Cc1[nH]ncc1[N+](=O)[O-])c1ccccc1. The molecule has 0 aliphatic carbocycles. The van der Waals surface area contributed by atoms with Gasteiger partial charge in [0.15, 0.2) is 0 Å². The van der Waals surface area contributed by atoms with Crippen molar-refractivity contribution in [2.24, 2.45) is 0 Å². The van der Waals surface area contributed by atoms with E-state index in [1.807, 2.05) is 6.07 Å². The average molecular weight is 261 g/mol. The summed E-state index contributed by atoms with van der Waals surface area (Å²) in [6, 6.07) is 9.02. The molecule has 1 aromatic carbocycles. The molecule has 1 unspecified atom stereocenters. The second-order valence-electron chi connectivity index (χ2n) is 3.83. The van der Waals surface area contributed by atoms with E-state index in [2.05, 4.69) is 10.2 Å². The third-order valence-corrected chi connectivity index (χ3v) is 2.67. The van der Waals surface area contributed by atoms with Gasteiger partial charge in [-0.05, 0) is 5.56 Å². The Morgan fingerprint density at radius 2 is 2.16 bits per heavy atom. The second kappa shape index (κ2) is 5.76. The minimum absolute atomic E-state index is 0.115. The summed E-state index contributed by atoms with van der Waals surface area (Å²) >= 11 is 0. The third kappa shape index (κ3) is 2.95. The van der Waals surface area contributed by atoms with Crippen molar-refractivity contribution >= 4 is 12.2 Å². The number of benzene rings is 1. The Morgan fingerprint density at radius 1 is 1.42 bits per heavy atom. The highest BCUT2D eigenvalue weighted by molar-refractivity contribution is 5.40. The maximum Gasteiger partial charge on any atom is 0.310 e. The first kappa shape index (κ1) is 12.7. The highest BCUT2D eigenvalue weighted by Crippen LogP contribution is 2.25. The lowest BCUT2D eigenvalue weighted by Crippen LogP contribution is -2.08. The fraction of sp³-hybridized carbons (Fsp3) is 0.167. The highest BCUT2D eigenvalue weighted by Gasteiger charge is 2.22. The van der Waals surface area contributed by atoms with Crippen molar-refractivity contribution < 1.29 is 14.5 Å². The standard InChI is InChI=1S/C12H11N3O4/c16-8-19-12(9-4-2-1-3-5-9)6-10-11(15(17)18)7-13-14-10/h1-5,7-8,12H,6H2,(H,13,14). The lowest BCUT2D eigenvalue weighted by atomic mass is 10.0. The van der Waals surface area contributed by atoms with Crippen LogP contribution in [0.2, 0.25) is 0 Å². The zero-order valence-electron chi connectivity index (χ0n) is 9.85. The summed E-state index contributed by atoms with van der Waals surface area (Å²) in [4.78, 5) is 20.8. The molecule has 1 N–H and O–H groups in total. The molecule has 98 valence electrons. The first-order valence-corrected chi connectivity index (χ1v) is 5.53. The molecule has 0 spiro atoms. The lowest BCUT2D eigenvalue weighted by molar-refractivity contribution is -0.385. The van der Waals surface area contributed by atoms with Crippen LogP contribution in [0.3, 0.4) is 0 Å². The van der Waals surface area contributed by atoms with E-state index in [0.717, 1.165) is 11.8 Å². The average Bonchev–Trinajstić information content (AvgIpc) is 2.88. The maximum absolute atomic E-state index is 10.8. The van der Waals surface area contributed by atoms with Crippen LogP contribution in [0.15, 0.2) is 36.5 Å². The highest BCUT2D eigenvalue weighted by atomic mass is 16.6. The van der Waals surface area contributed by atoms with Crippen molar-refractivity contribution in [1.29, 1.82) is 0 Å². The van der Waals surface area contributed by atoms with Crippen molar-refractivity contribution in [1.82, 2.24) is 10.2 Å². The smallest absolute Gasteiger partial charge is 0.310 e. The van der Waals surface area contributed by atoms with Gasteiger partial charge in [-0.1, -0.05) is 30.3 Å². The van der Waals surface area contributed by atoms with Crippen molar-refractivity contribution in [3.05, 3.63) is 57.9 Å². The number of rotatable bonds is 6. The van der Waals surface area contributed by atoms with Crippen LogP contribution in [0.5, 0.6) is 0 Å². The van der Waals surface area contributed by atoms with Gasteiger partial charge in [0, 0.05) is 6.42 Å². The minimum Gasteiger partial charge on any atom is -0.459 e. The first-order chi connectivity index (χ1) is 9.22. The summed E-state index contributed by atoms with van der Waals surface area (Å²) < 4.78 is 4.99. The largest absolute Gasteiger partial charge is 0.459 e. The fourth-order valence-electron chi connectivity index (χ4n) is 1.78. The van der Waals surface area contributed by atoms with Gasteiger partial charge in [0.25, 0.3) is 6.47 Å². The summed E-state index contributed by atoms with van der Waals surface area (Å²) in [6.07, 6.45) is 0.718. The molecule has 0 aliphatic heterocycles. The van der Waals surface area contributed by atoms with Crippen LogP contribution < -0.4 is 0 Å². The summed E-state index contributed by atoms with van der Waals surface area (Å²) in [5.74, 6) is 0. The number of nitro groups is 1. The first-order valence-electron chi connectivity index (χ1n) is 5.53. The Hall–Kier alpha value is -2.70. The molecular weight excluding hydrogens is 250 g/mol. The molecule has 19 heavy (non-hydrogen) atoms. The van der Waals surface area contributed by atoms with Crippen molar-refractivity contribution in [2.45, 2.75) is 12.5 Å². The molecule has 0 saturated carbocycles. The quantitative estimate of drug-likeness (QED) is 0.485. The van der Waals surface area contributed by atoms with E-state index in [0.29, 0.717) is 12.2 Å². The summed E-state index contributed by atoms with van der Waals surface area (Å²) in [5, 5.41) is 17.0. The van der Waals surface area contributed by atoms with Crippen LogP contribution in [0, 0.1) is 10.1 Å². The van der Waals surface area contributed by atoms with Gasteiger partial charge in [-0.3, -0.25) is 20.0 Å². The zero-order chi connectivity index (χ0) is 13.7. The van der Waals surface area contributed by atoms with Gasteiger partial charge in [-0.15, -0.1) is 0 Å². The van der Waals surface area contributed by atoms with Gasteiger partial charge in [-0.25, -0.2) is 0 Å². The lowest BCUT2D eigenvalue weighted by Gasteiger charge is -2.14. The molecule has 2 rings (SSSR count). The molecule has 0 bridgehead atoms. The molecule has 0 amide bonds. The minimum atomic E-state index is -0.585. The van der Waals surface area contributed by atoms with Gasteiger partial charge < -0.3 is 4.74 Å². The number of nitrogens with zero attached hydrogens (tertiary/aromatic N) is 2. The normalized spacial score (nSPS) is 11.8. The molecular formula is C12H11N3O4. The number of H-pyrrole nitrogens is 1. The number of carbonyl (C=O) groups excluding carboxylic acids is 1. The van der Waals surface area contributed by atoms with E-state index >= 15 is 0 Å². The van der Waals surface area contributed by atoms with Gasteiger partial charge in [0.2, 0.25) is 0 Å². The number of nitrogens with one attached hydrogen (secondary N) is 1. The number of aromatic amines is 1. The maximum atomic E-state index is 10.8. The number of hydrogen-bond donors (Lipinski definition) is 1. The molecule has 7 nitrogen and oxygen atoms in total. The Morgan fingerprint density at radius 3 is 2.79 bits per heavy atom. The molecule has 0 saturated heterocycles. The Kier molecular flexibility index (Phi) is 3.87. The Balaban J connectivity index is 2.24. The van der Waals surface area contributed by atoms with Gasteiger partial charge in [0.1, 0.15) is 18.0 Å². The van der Waals surface area contributed by atoms with E-state index < -0.39 is 11.0 Å². The number of carbonyl (C=O) groups is 1. The fourth-order valence-corrected chi connectivity index (χ4v) is 1.78. The van der Waals surface area contributed by atoms with Crippen molar-refractivity contribution in [3.63, 3.8) is 0 Å². The molecule has 7 heteroatoms. The molecule has 1 heterocycles. The topological polar surface area (TPSA) is 98.1 Å². The Labute approximate surface area is 108 Å². The summed E-state index contributed by atoms with van der Waals surface area (Å²) in [7, 11) is 0. The summed E-state index contributed by atoms with van der Waals surface area (Å²) in [5.41, 5.74) is 0.967. The molecule has 2 aromatic rings. The van der Waals surface area contributed by atoms with E-state index in [4.69, 9.17) is 4.74 Å². The molecule has 0 aliphatic rings. The van der Waals surface area contributed by atoms with E-state index in [9.17, 15) is 14.9 Å². The Bertz CT molecular complexity index is 567. The molecule has 1 atom stereocenters. The van der Waals surface area contributed by atoms with E-state index in [-0.39, 0.29) is 12.1 Å². The van der Waals surface area contributed by atoms with Crippen molar-refractivity contribution in [3.8, 4) is 0 Å². The van der Waals surface area contributed by atoms with Crippen molar-refractivity contribution in [2.75, 3.05) is 0 Å². The predicted molar refractivity (Wildman–Crippen MR) is 65.3 cm³/mol. The van der Waals surface area contributed by atoms with Gasteiger partial charge in [-0.2, -0.15) is 5.10 Å². The number of aromatic nitrogens is 2. The monoisotopic (exact) mass is 261 g/mol. The van der Waals surface area contributed by atoms with Crippen LogP contribution in [-0.2, 0) is 16.0 Å². The number of hydrogen-bond acceptors (Lipinski definition) is 5. The second-order valence-corrected chi connectivity index (χ2v) is 3.83. The number of ether oxygens (including phenoxy) is 1. The zero-order valence-corrected chi connectivity index (χ0v) is 9.85. The third-order valence-electron chi connectivity index (χ3n) is 2.67.